The Morgan fingerprint density at radius 2 is 2.00 bits per heavy atom. The minimum atomic E-state index is -3.62. The van der Waals surface area contributed by atoms with Crippen LogP contribution in [0.5, 0.6) is 5.75 Å². The van der Waals surface area contributed by atoms with Gasteiger partial charge in [-0.2, -0.15) is 4.31 Å². The van der Waals surface area contributed by atoms with Gasteiger partial charge >= 0.3 is 0 Å². The monoisotopic (exact) mass is 335 g/mol. The van der Waals surface area contributed by atoms with E-state index in [1.165, 1.54) is 24.5 Å². The molecule has 0 fully saturated rings. The van der Waals surface area contributed by atoms with Gasteiger partial charge in [0.05, 0.1) is 19.8 Å². The average Bonchev–Trinajstić information content (AvgIpc) is 2.45. The first kappa shape index (κ1) is 18.2. The lowest BCUT2D eigenvalue weighted by molar-refractivity contribution is 0.0737. The number of benzene rings is 1. The van der Waals surface area contributed by atoms with Crippen LogP contribution in [0.3, 0.4) is 0 Å². The van der Waals surface area contributed by atoms with Crippen LogP contribution >= 0.6 is 11.6 Å². The Morgan fingerprint density at radius 3 is 2.52 bits per heavy atom. The highest BCUT2D eigenvalue weighted by molar-refractivity contribution is 7.89. The van der Waals surface area contributed by atoms with Gasteiger partial charge in [0.2, 0.25) is 10.0 Å². The maximum atomic E-state index is 12.5. The molecule has 0 saturated heterocycles. The normalized spacial score (nSPS) is 12.1. The summed E-state index contributed by atoms with van der Waals surface area (Å²) in [6.07, 6.45) is 0.0682. The Kier molecular flexibility index (Phi) is 6.93. The molecule has 0 spiro atoms. The molecule has 7 heteroatoms. The molecule has 0 N–H and O–H groups in total. The van der Waals surface area contributed by atoms with Gasteiger partial charge in [-0.25, -0.2) is 8.42 Å². The number of methoxy groups -OCH3 is 1. The van der Waals surface area contributed by atoms with Crippen LogP contribution < -0.4 is 4.74 Å². The number of nitrogens with zero attached hydrogens (tertiary/aromatic N) is 1. The fourth-order valence-electron chi connectivity index (χ4n) is 1.71. The second kappa shape index (κ2) is 7.98. The van der Waals surface area contributed by atoms with E-state index in [1.807, 2.05) is 13.8 Å². The first-order valence-corrected chi connectivity index (χ1v) is 8.61. The highest BCUT2D eigenvalue weighted by atomic mass is 35.5. The van der Waals surface area contributed by atoms with E-state index < -0.39 is 10.0 Å². The number of alkyl halides is 1. The van der Waals surface area contributed by atoms with Gasteiger partial charge in [0.25, 0.3) is 0 Å². The third-order valence-electron chi connectivity index (χ3n) is 2.93. The fraction of sp³-hybridized carbons (Fsp3) is 0.571. The van der Waals surface area contributed by atoms with Crippen molar-refractivity contribution in [3.63, 3.8) is 0 Å². The average molecular weight is 336 g/mol. The lowest BCUT2D eigenvalue weighted by Gasteiger charge is -2.19. The molecule has 21 heavy (non-hydrogen) atoms. The van der Waals surface area contributed by atoms with Crippen LogP contribution in [0.2, 0.25) is 0 Å². The van der Waals surface area contributed by atoms with Crippen LogP contribution in [0.4, 0.5) is 0 Å². The molecule has 0 saturated carbocycles. The second-order valence-electron chi connectivity index (χ2n) is 4.86. The zero-order valence-electron chi connectivity index (χ0n) is 12.8. The van der Waals surface area contributed by atoms with E-state index in [2.05, 4.69) is 0 Å². The van der Waals surface area contributed by atoms with Crippen molar-refractivity contribution in [2.24, 2.45) is 0 Å². The highest BCUT2D eigenvalue weighted by Crippen LogP contribution is 2.27. The third kappa shape index (κ3) is 4.85. The lowest BCUT2D eigenvalue weighted by Crippen LogP contribution is -2.31. The molecule has 120 valence electrons. The van der Waals surface area contributed by atoms with E-state index in [-0.39, 0.29) is 17.5 Å². The van der Waals surface area contributed by atoms with Gasteiger partial charge in [0, 0.05) is 19.5 Å². The Labute approximate surface area is 131 Å². The number of likely N-dealkylation sites (N-methyl/N-ethyl adjacent to an activating group) is 1. The summed E-state index contributed by atoms with van der Waals surface area (Å²) < 4.78 is 36.9. The Bertz CT molecular complexity index is 560. The molecule has 0 radical (unpaired) electrons. The lowest BCUT2D eigenvalue weighted by atomic mass is 10.2. The number of ether oxygens (including phenoxy) is 2. The van der Waals surface area contributed by atoms with Crippen LogP contribution in [-0.2, 0) is 20.6 Å². The summed E-state index contributed by atoms with van der Waals surface area (Å²) >= 11 is 5.75. The predicted octanol–water partition coefficient (Wildman–Crippen LogP) is 2.48. The molecular formula is C14H22ClNO4S. The van der Waals surface area contributed by atoms with E-state index in [1.54, 1.807) is 12.1 Å². The van der Waals surface area contributed by atoms with Gasteiger partial charge in [-0.05, 0) is 31.5 Å². The fourth-order valence-corrected chi connectivity index (χ4v) is 3.17. The quantitative estimate of drug-likeness (QED) is 0.685. The van der Waals surface area contributed by atoms with Crippen LogP contribution in [0, 0.1) is 0 Å². The Balaban J connectivity index is 2.96. The maximum absolute atomic E-state index is 12.5. The third-order valence-corrected chi connectivity index (χ3v) is 5.13. The van der Waals surface area contributed by atoms with Gasteiger partial charge in [-0.15, -0.1) is 11.6 Å². The standard InChI is InChI=1S/C14H22ClNO4S/c1-11(2)20-8-7-16(3)21(17,18)14-6-5-12(10-15)9-13(14)19-4/h5-6,9,11H,7-8,10H2,1-4H3. The molecular weight excluding hydrogens is 314 g/mol. The molecule has 0 unspecified atom stereocenters. The van der Waals surface area contributed by atoms with Gasteiger partial charge in [0.15, 0.2) is 0 Å². The van der Waals surface area contributed by atoms with E-state index in [0.717, 1.165) is 5.56 Å². The van der Waals surface area contributed by atoms with Crippen LogP contribution in [0.1, 0.15) is 19.4 Å². The summed E-state index contributed by atoms with van der Waals surface area (Å²) in [5.74, 6) is 0.596. The minimum Gasteiger partial charge on any atom is -0.495 e. The largest absolute Gasteiger partial charge is 0.495 e. The summed E-state index contributed by atoms with van der Waals surface area (Å²) in [6, 6.07) is 4.84. The van der Waals surface area contributed by atoms with Crippen LogP contribution in [-0.4, -0.2) is 46.1 Å². The first-order chi connectivity index (χ1) is 9.82. The van der Waals surface area contributed by atoms with Gasteiger partial charge in [-0.1, -0.05) is 6.07 Å². The number of halogens is 1. The number of sulfonamides is 1. The van der Waals surface area contributed by atoms with Crippen LogP contribution in [0.15, 0.2) is 23.1 Å². The van der Waals surface area contributed by atoms with Crippen molar-refractivity contribution >= 4 is 21.6 Å². The second-order valence-corrected chi connectivity index (χ2v) is 7.15. The summed E-state index contributed by atoms with van der Waals surface area (Å²) in [5, 5.41) is 0. The molecule has 0 aliphatic rings. The van der Waals surface area contributed by atoms with Crippen molar-refractivity contribution in [1.29, 1.82) is 0 Å². The van der Waals surface area contributed by atoms with Gasteiger partial charge in [0.1, 0.15) is 10.6 Å². The van der Waals surface area contributed by atoms with Crippen LogP contribution in [0.25, 0.3) is 0 Å². The van der Waals surface area contributed by atoms with Gasteiger partial charge in [-0.3, -0.25) is 0 Å². The van der Waals surface area contributed by atoms with Crippen molar-refractivity contribution < 1.29 is 17.9 Å². The minimum absolute atomic E-state index is 0.0682. The van der Waals surface area contributed by atoms with Crippen molar-refractivity contribution in [3.05, 3.63) is 23.8 Å². The zero-order valence-corrected chi connectivity index (χ0v) is 14.4. The molecule has 0 aromatic heterocycles. The number of hydrogen-bond donors (Lipinski definition) is 0. The molecule has 0 atom stereocenters. The molecule has 0 bridgehead atoms. The summed E-state index contributed by atoms with van der Waals surface area (Å²) in [5.41, 5.74) is 0.804. The highest BCUT2D eigenvalue weighted by Gasteiger charge is 2.24. The Morgan fingerprint density at radius 1 is 1.33 bits per heavy atom. The molecule has 5 nitrogen and oxygen atoms in total. The molecule has 1 aromatic rings. The first-order valence-electron chi connectivity index (χ1n) is 6.63. The molecule has 0 amide bonds. The number of hydrogen-bond acceptors (Lipinski definition) is 4. The van der Waals surface area contributed by atoms with Crippen molar-refractivity contribution in [3.8, 4) is 5.75 Å². The van der Waals surface area contributed by atoms with E-state index in [9.17, 15) is 8.42 Å². The zero-order chi connectivity index (χ0) is 16.0. The smallest absolute Gasteiger partial charge is 0.246 e. The van der Waals surface area contributed by atoms with Gasteiger partial charge < -0.3 is 9.47 Å². The van der Waals surface area contributed by atoms with Crippen molar-refractivity contribution in [2.45, 2.75) is 30.7 Å². The summed E-state index contributed by atoms with van der Waals surface area (Å²) in [4.78, 5) is 0.130. The SMILES string of the molecule is COc1cc(CCl)ccc1S(=O)(=O)N(C)CCOC(C)C. The van der Waals surface area contributed by atoms with E-state index >= 15 is 0 Å². The van der Waals surface area contributed by atoms with E-state index in [4.69, 9.17) is 21.1 Å². The summed E-state index contributed by atoms with van der Waals surface area (Å²) in [6.45, 7) is 4.43. The molecule has 0 heterocycles. The maximum Gasteiger partial charge on any atom is 0.246 e. The molecule has 1 rings (SSSR count). The Hall–Kier alpha value is -0.820. The predicted molar refractivity (Wildman–Crippen MR) is 83.5 cm³/mol. The molecule has 0 aliphatic carbocycles. The topological polar surface area (TPSA) is 55.8 Å². The van der Waals surface area contributed by atoms with E-state index in [0.29, 0.717) is 18.2 Å². The number of rotatable bonds is 8. The van der Waals surface area contributed by atoms with Crippen molar-refractivity contribution in [1.82, 2.24) is 4.31 Å². The molecule has 0 aliphatic heterocycles. The van der Waals surface area contributed by atoms with Crippen molar-refractivity contribution in [2.75, 3.05) is 27.3 Å². The molecule has 1 aromatic carbocycles. The summed E-state index contributed by atoms with van der Waals surface area (Å²) in [7, 11) is -0.659.